The van der Waals surface area contributed by atoms with Crippen molar-refractivity contribution in [3.8, 4) is 0 Å². The molecule has 0 spiro atoms. The summed E-state index contributed by atoms with van der Waals surface area (Å²) >= 11 is 0. The second-order valence-electron chi connectivity index (χ2n) is 5.49. The van der Waals surface area contributed by atoms with Gasteiger partial charge in [-0.1, -0.05) is 5.57 Å². The Kier molecular flexibility index (Phi) is 4.58. The van der Waals surface area contributed by atoms with Gasteiger partial charge in [0.05, 0.1) is 0 Å². The van der Waals surface area contributed by atoms with E-state index in [0.29, 0.717) is 6.54 Å². The van der Waals surface area contributed by atoms with Crippen LogP contribution in [0.15, 0.2) is 11.6 Å². The Balaban J connectivity index is 2.03. The lowest BCUT2D eigenvalue weighted by Crippen LogP contribution is -2.53. The summed E-state index contributed by atoms with van der Waals surface area (Å²) in [5.41, 5.74) is 0.977. The van der Waals surface area contributed by atoms with Crippen molar-refractivity contribution in [1.29, 1.82) is 0 Å². The molecule has 106 valence electrons. The van der Waals surface area contributed by atoms with E-state index in [1.807, 2.05) is 18.7 Å². The predicted octanol–water partition coefficient (Wildman–Crippen LogP) is 0.375. The Morgan fingerprint density at radius 1 is 1.16 bits per heavy atom. The summed E-state index contributed by atoms with van der Waals surface area (Å²) in [6, 6.07) is -0.249. The third-order valence-corrected chi connectivity index (χ3v) is 3.66. The van der Waals surface area contributed by atoms with Gasteiger partial charge in [-0.05, 0) is 26.7 Å². The normalized spacial score (nSPS) is 23.4. The Hall–Kier alpha value is -1.36. The van der Waals surface area contributed by atoms with Gasteiger partial charge in [0, 0.05) is 38.8 Å². The van der Waals surface area contributed by atoms with Gasteiger partial charge in [-0.15, -0.1) is 0 Å². The van der Waals surface area contributed by atoms with E-state index in [-0.39, 0.29) is 17.9 Å². The molecule has 2 aliphatic heterocycles. The van der Waals surface area contributed by atoms with Crippen molar-refractivity contribution in [2.24, 2.45) is 0 Å². The van der Waals surface area contributed by atoms with Crippen LogP contribution >= 0.6 is 0 Å². The predicted molar refractivity (Wildman–Crippen MR) is 73.6 cm³/mol. The average Bonchev–Trinajstić information content (AvgIpc) is 2.87. The van der Waals surface area contributed by atoms with Crippen LogP contribution in [0.2, 0.25) is 0 Å². The number of likely N-dealkylation sites (tertiary alicyclic amines) is 1. The van der Waals surface area contributed by atoms with Crippen LogP contribution in [0.3, 0.4) is 0 Å². The largest absolute Gasteiger partial charge is 0.338 e. The van der Waals surface area contributed by atoms with Crippen molar-refractivity contribution in [2.75, 3.05) is 32.7 Å². The second kappa shape index (κ2) is 6.19. The molecule has 0 radical (unpaired) electrons. The van der Waals surface area contributed by atoms with E-state index in [0.717, 1.165) is 44.6 Å². The highest BCUT2D eigenvalue weighted by atomic mass is 16.2. The molecule has 2 aliphatic rings. The van der Waals surface area contributed by atoms with Crippen LogP contribution in [0.4, 0.5) is 0 Å². The average molecular weight is 265 g/mol. The maximum atomic E-state index is 12.5. The monoisotopic (exact) mass is 265 g/mol. The summed E-state index contributed by atoms with van der Waals surface area (Å²) < 4.78 is 0. The number of allylic oxidation sites excluding steroid dienone is 1. The van der Waals surface area contributed by atoms with Crippen molar-refractivity contribution >= 4 is 11.8 Å². The van der Waals surface area contributed by atoms with Gasteiger partial charge in [-0.3, -0.25) is 9.59 Å². The molecule has 2 heterocycles. The lowest BCUT2D eigenvalue weighted by molar-refractivity contribution is -0.142. The fourth-order valence-corrected chi connectivity index (χ4v) is 2.71. The van der Waals surface area contributed by atoms with Crippen molar-refractivity contribution in [3.05, 3.63) is 11.6 Å². The summed E-state index contributed by atoms with van der Waals surface area (Å²) in [6.07, 6.45) is 3.35. The summed E-state index contributed by atoms with van der Waals surface area (Å²) in [7, 11) is 0. The molecule has 0 saturated carbocycles. The summed E-state index contributed by atoms with van der Waals surface area (Å²) in [6.45, 7) is 7.70. The third kappa shape index (κ3) is 3.35. The number of piperazine rings is 1. The van der Waals surface area contributed by atoms with Gasteiger partial charge in [-0.2, -0.15) is 0 Å². The lowest BCUT2D eigenvalue weighted by atomic mass is 10.1. The van der Waals surface area contributed by atoms with Crippen LogP contribution in [-0.2, 0) is 9.59 Å². The van der Waals surface area contributed by atoms with Gasteiger partial charge in [0.1, 0.15) is 6.04 Å². The van der Waals surface area contributed by atoms with E-state index < -0.39 is 0 Å². The minimum atomic E-state index is -0.249. The molecule has 1 N–H and O–H groups in total. The molecule has 1 unspecified atom stereocenters. The van der Waals surface area contributed by atoms with Crippen molar-refractivity contribution < 1.29 is 9.59 Å². The maximum Gasteiger partial charge on any atom is 0.247 e. The van der Waals surface area contributed by atoms with Gasteiger partial charge in [0.25, 0.3) is 0 Å². The Morgan fingerprint density at radius 3 is 2.47 bits per heavy atom. The molecule has 5 heteroatoms. The summed E-state index contributed by atoms with van der Waals surface area (Å²) in [5, 5.41) is 3.24. The van der Waals surface area contributed by atoms with Crippen molar-refractivity contribution in [3.63, 3.8) is 0 Å². The van der Waals surface area contributed by atoms with Crippen LogP contribution in [0.25, 0.3) is 0 Å². The van der Waals surface area contributed by atoms with E-state index in [4.69, 9.17) is 0 Å². The van der Waals surface area contributed by atoms with Gasteiger partial charge in [0.15, 0.2) is 0 Å². The molecule has 0 aromatic rings. The molecule has 0 aromatic carbocycles. The first kappa shape index (κ1) is 14.1. The van der Waals surface area contributed by atoms with Crippen LogP contribution in [0.5, 0.6) is 0 Å². The third-order valence-electron chi connectivity index (χ3n) is 3.66. The number of rotatable bonds is 2. The number of nitrogens with one attached hydrogen (secondary N) is 1. The van der Waals surface area contributed by atoms with E-state index in [1.54, 1.807) is 11.0 Å². The highest BCUT2D eigenvalue weighted by molar-refractivity contribution is 5.93. The van der Waals surface area contributed by atoms with Crippen LogP contribution in [-0.4, -0.2) is 60.4 Å². The Labute approximate surface area is 114 Å². The molecule has 5 nitrogen and oxygen atoms in total. The molecule has 1 atom stereocenters. The van der Waals surface area contributed by atoms with Crippen LogP contribution in [0.1, 0.15) is 26.7 Å². The van der Waals surface area contributed by atoms with Gasteiger partial charge in [0.2, 0.25) is 11.8 Å². The van der Waals surface area contributed by atoms with Crippen LogP contribution < -0.4 is 5.32 Å². The van der Waals surface area contributed by atoms with E-state index >= 15 is 0 Å². The first-order chi connectivity index (χ1) is 9.09. The van der Waals surface area contributed by atoms with Gasteiger partial charge in [-0.25, -0.2) is 0 Å². The number of hydrogen-bond acceptors (Lipinski definition) is 3. The molecule has 2 rings (SSSR count). The zero-order chi connectivity index (χ0) is 13.8. The molecular formula is C14H23N3O2. The Bertz CT molecular complexity index is 382. The number of hydrogen-bond donors (Lipinski definition) is 1. The summed E-state index contributed by atoms with van der Waals surface area (Å²) in [5.74, 6) is 0.0977. The smallest absolute Gasteiger partial charge is 0.247 e. The molecule has 19 heavy (non-hydrogen) atoms. The zero-order valence-corrected chi connectivity index (χ0v) is 11.8. The number of amides is 2. The summed E-state index contributed by atoms with van der Waals surface area (Å²) in [4.78, 5) is 28.2. The van der Waals surface area contributed by atoms with Gasteiger partial charge < -0.3 is 15.1 Å². The second-order valence-corrected chi connectivity index (χ2v) is 5.49. The van der Waals surface area contributed by atoms with E-state index in [1.165, 1.54) is 0 Å². The number of carbonyl (C=O) groups excluding carboxylic acids is 2. The SMILES string of the molecule is CC(C)=CC(=O)N1CCCC1C(=O)N1CCNCC1. The molecule has 2 amide bonds. The number of nitrogens with zero attached hydrogens (tertiary/aromatic N) is 2. The number of carbonyl (C=O) groups is 2. The first-order valence-electron chi connectivity index (χ1n) is 7.04. The highest BCUT2D eigenvalue weighted by Gasteiger charge is 2.35. The van der Waals surface area contributed by atoms with Crippen LogP contribution in [0, 0.1) is 0 Å². The topological polar surface area (TPSA) is 52.7 Å². The molecule has 2 saturated heterocycles. The minimum Gasteiger partial charge on any atom is -0.338 e. The van der Waals surface area contributed by atoms with Gasteiger partial charge >= 0.3 is 0 Å². The maximum absolute atomic E-state index is 12.5. The van der Waals surface area contributed by atoms with Crippen molar-refractivity contribution in [1.82, 2.24) is 15.1 Å². The molecular weight excluding hydrogens is 242 g/mol. The van der Waals surface area contributed by atoms with E-state index in [9.17, 15) is 9.59 Å². The minimum absolute atomic E-state index is 0.0222. The quantitative estimate of drug-likeness (QED) is 0.734. The molecule has 0 aromatic heterocycles. The fourth-order valence-electron chi connectivity index (χ4n) is 2.71. The van der Waals surface area contributed by atoms with E-state index in [2.05, 4.69) is 5.32 Å². The molecule has 0 aliphatic carbocycles. The Morgan fingerprint density at radius 2 is 1.84 bits per heavy atom. The fraction of sp³-hybridized carbons (Fsp3) is 0.714. The molecule has 2 fully saturated rings. The lowest BCUT2D eigenvalue weighted by Gasteiger charge is -2.32. The highest BCUT2D eigenvalue weighted by Crippen LogP contribution is 2.20. The van der Waals surface area contributed by atoms with Crippen molar-refractivity contribution in [2.45, 2.75) is 32.7 Å². The standard InChI is InChI=1S/C14H23N3O2/c1-11(2)10-13(18)17-7-3-4-12(17)14(19)16-8-5-15-6-9-16/h10,12,15H,3-9H2,1-2H3. The molecule has 0 bridgehead atoms. The first-order valence-corrected chi connectivity index (χ1v) is 7.04. The zero-order valence-electron chi connectivity index (χ0n) is 11.8.